The molecule has 0 atom stereocenters. The molecule has 0 radical (unpaired) electrons. The summed E-state index contributed by atoms with van der Waals surface area (Å²) in [7, 11) is 0. The fourth-order valence-electron chi connectivity index (χ4n) is 1.46. The zero-order valence-electron chi connectivity index (χ0n) is 7.63. The van der Waals surface area contributed by atoms with E-state index in [1.165, 1.54) is 0 Å². The van der Waals surface area contributed by atoms with Gasteiger partial charge < -0.3 is 9.80 Å². The molecule has 2 heteroatoms. The van der Waals surface area contributed by atoms with Crippen molar-refractivity contribution in [2.75, 3.05) is 19.8 Å². The molecule has 0 unspecified atom stereocenters. The first kappa shape index (κ1) is 8.17. The van der Waals surface area contributed by atoms with Crippen LogP contribution in [0.15, 0.2) is 48.9 Å². The third-order valence-electron chi connectivity index (χ3n) is 2.13. The maximum absolute atomic E-state index is 2.28. The van der Waals surface area contributed by atoms with E-state index in [9.17, 15) is 0 Å². The molecule has 0 bridgehead atoms. The smallest absolute Gasteiger partial charge is 0.0898 e. The quantitative estimate of drug-likeness (QED) is 0.629. The molecule has 0 aliphatic carbocycles. The van der Waals surface area contributed by atoms with E-state index in [1.807, 2.05) is 0 Å². The second kappa shape index (κ2) is 3.99. The Balaban J connectivity index is 1.84. The van der Waals surface area contributed by atoms with Gasteiger partial charge >= 0.3 is 0 Å². The Labute approximate surface area is 79.1 Å². The van der Waals surface area contributed by atoms with E-state index in [0.29, 0.717) is 0 Å². The summed E-state index contributed by atoms with van der Waals surface area (Å²) in [5.74, 6) is 0. The topological polar surface area (TPSA) is 6.48 Å². The predicted octanol–water partition coefficient (Wildman–Crippen LogP) is 1.71. The van der Waals surface area contributed by atoms with E-state index >= 15 is 0 Å². The van der Waals surface area contributed by atoms with Crippen LogP contribution in [0.25, 0.3) is 0 Å². The minimum Gasteiger partial charge on any atom is -0.356 e. The van der Waals surface area contributed by atoms with Crippen molar-refractivity contribution < 1.29 is 0 Å². The highest BCUT2D eigenvalue weighted by Gasteiger charge is 2.04. The first-order valence-corrected chi connectivity index (χ1v) is 4.60. The van der Waals surface area contributed by atoms with E-state index < -0.39 is 0 Å². The molecule has 0 N–H and O–H groups in total. The van der Waals surface area contributed by atoms with Gasteiger partial charge in [-0.05, 0) is 12.2 Å². The van der Waals surface area contributed by atoms with Crippen molar-refractivity contribution in [2.45, 2.75) is 0 Å². The van der Waals surface area contributed by atoms with Crippen molar-refractivity contribution in [3.63, 3.8) is 0 Å². The number of nitrogens with zero attached hydrogens (tertiary/aromatic N) is 2. The number of rotatable bonds is 2. The van der Waals surface area contributed by atoms with Gasteiger partial charge in [-0.15, -0.1) is 0 Å². The maximum atomic E-state index is 2.28. The summed E-state index contributed by atoms with van der Waals surface area (Å²) < 4.78 is 0. The Bertz CT molecular complexity index is 246. The van der Waals surface area contributed by atoms with Gasteiger partial charge in [0, 0.05) is 25.5 Å². The third kappa shape index (κ3) is 2.25. The highest BCUT2D eigenvalue weighted by Crippen LogP contribution is 2.04. The summed E-state index contributed by atoms with van der Waals surface area (Å²) in [5.41, 5.74) is 0. The molecule has 0 spiro atoms. The lowest BCUT2D eigenvalue weighted by atomic mass is 10.3. The molecular weight excluding hydrogens is 160 g/mol. The van der Waals surface area contributed by atoms with Gasteiger partial charge in [0.2, 0.25) is 0 Å². The number of hydrogen-bond donors (Lipinski definition) is 0. The molecule has 0 saturated heterocycles. The monoisotopic (exact) mass is 174 g/mol. The Morgan fingerprint density at radius 2 is 1.31 bits per heavy atom. The molecule has 0 aromatic carbocycles. The molecule has 2 rings (SSSR count). The molecule has 13 heavy (non-hydrogen) atoms. The van der Waals surface area contributed by atoms with E-state index in [4.69, 9.17) is 0 Å². The van der Waals surface area contributed by atoms with Gasteiger partial charge in [-0.1, -0.05) is 24.3 Å². The highest BCUT2D eigenvalue weighted by molar-refractivity contribution is 5.11. The summed E-state index contributed by atoms with van der Waals surface area (Å²) in [6.45, 7) is 3.01. The zero-order valence-corrected chi connectivity index (χ0v) is 7.63. The van der Waals surface area contributed by atoms with Gasteiger partial charge in [-0.25, -0.2) is 0 Å². The summed E-state index contributed by atoms with van der Waals surface area (Å²) in [6.07, 6.45) is 16.9. The molecule has 2 heterocycles. The van der Waals surface area contributed by atoms with Crippen LogP contribution in [0.1, 0.15) is 0 Å². The van der Waals surface area contributed by atoms with Crippen LogP contribution in [0.5, 0.6) is 0 Å². The van der Waals surface area contributed by atoms with E-state index in [0.717, 1.165) is 19.8 Å². The standard InChI is InChI=1S/C11H14N2/c1-3-7-12(8-4-1)11-13-9-5-2-6-10-13/h1-7,9H,8,10-11H2. The fraction of sp³-hybridized carbons (Fsp3) is 0.273. The Morgan fingerprint density at radius 3 is 1.69 bits per heavy atom. The van der Waals surface area contributed by atoms with Crippen LogP contribution < -0.4 is 0 Å². The molecule has 0 amide bonds. The predicted molar refractivity (Wildman–Crippen MR) is 54.8 cm³/mol. The summed E-state index contributed by atoms with van der Waals surface area (Å²) in [5, 5.41) is 0. The Hall–Kier alpha value is -1.44. The van der Waals surface area contributed by atoms with Gasteiger partial charge in [0.05, 0.1) is 6.67 Å². The Morgan fingerprint density at radius 1 is 0.769 bits per heavy atom. The van der Waals surface area contributed by atoms with E-state index in [1.54, 1.807) is 0 Å². The van der Waals surface area contributed by atoms with Crippen molar-refractivity contribution >= 4 is 0 Å². The average molecular weight is 174 g/mol. The van der Waals surface area contributed by atoms with Crippen LogP contribution in [0.3, 0.4) is 0 Å². The minimum absolute atomic E-state index is 0.974. The first-order valence-electron chi connectivity index (χ1n) is 4.60. The molecule has 0 fully saturated rings. The molecule has 2 nitrogen and oxygen atoms in total. The van der Waals surface area contributed by atoms with Gasteiger partial charge in [0.15, 0.2) is 0 Å². The van der Waals surface area contributed by atoms with Gasteiger partial charge in [0.25, 0.3) is 0 Å². The summed E-state index contributed by atoms with van der Waals surface area (Å²) in [6, 6.07) is 0. The van der Waals surface area contributed by atoms with Crippen molar-refractivity contribution in [3.8, 4) is 0 Å². The molecular formula is C11H14N2. The zero-order chi connectivity index (χ0) is 8.93. The van der Waals surface area contributed by atoms with Crippen LogP contribution in [0, 0.1) is 0 Å². The molecule has 68 valence electrons. The number of hydrogen-bond acceptors (Lipinski definition) is 2. The second-order valence-electron chi connectivity index (χ2n) is 3.22. The lowest BCUT2D eigenvalue weighted by molar-refractivity contribution is 0.253. The largest absolute Gasteiger partial charge is 0.356 e. The van der Waals surface area contributed by atoms with Gasteiger partial charge in [0.1, 0.15) is 0 Å². The second-order valence-corrected chi connectivity index (χ2v) is 3.22. The number of allylic oxidation sites excluding steroid dienone is 4. The fourth-order valence-corrected chi connectivity index (χ4v) is 1.46. The maximum Gasteiger partial charge on any atom is 0.0898 e. The minimum atomic E-state index is 0.974. The molecule has 0 saturated carbocycles. The van der Waals surface area contributed by atoms with Crippen LogP contribution in [-0.4, -0.2) is 29.6 Å². The van der Waals surface area contributed by atoms with Gasteiger partial charge in [-0.3, -0.25) is 0 Å². The highest BCUT2D eigenvalue weighted by atomic mass is 15.3. The van der Waals surface area contributed by atoms with Crippen molar-refractivity contribution in [2.24, 2.45) is 0 Å². The van der Waals surface area contributed by atoms with Crippen LogP contribution in [0.4, 0.5) is 0 Å². The van der Waals surface area contributed by atoms with E-state index in [-0.39, 0.29) is 0 Å². The third-order valence-corrected chi connectivity index (χ3v) is 2.13. The average Bonchev–Trinajstić information content (AvgIpc) is 2.21. The van der Waals surface area contributed by atoms with E-state index in [2.05, 4.69) is 58.7 Å². The lowest BCUT2D eigenvalue weighted by Crippen LogP contribution is -2.33. The van der Waals surface area contributed by atoms with Crippen molar-refractivity contribution in [1.29, 1.82) is 0 Å². The lowest BCUT2D eigenvalue weighted by Gasteiger charge is -2.29. The molecule has 0 aromatic rings. The first-order chi connectivity index (χ1) is 6.45. The normalized spacial score (nSPS) is 20.0. The van der Waals surface area contributed by atoms with Crippen molar-refractivity contribution in [1.82, 2.24) is 9.80 Å². The SMILES string of the molecule is C1=CCN(CN2C=CC=CC2)C=C1. The summed E-state index contributed by atoms with van der Waals surface area (Å²) >= 11 is 0. The summed E-state index contributed by atoms with van der Waals surface area (Å²) in [4.78, 5) is 4.56. The Kier molecular flexibility index (Phi) is 2.51. The van der Waals surface area contributed by atoms with Crippen LogP contribution in [0.2, 0.25) is 0 Å². The molecule has 2 aliphatic heterocycles. The van der Waals surface area contributed by atoms with Crippen molar-refractivity contribution in [3.05, 3.63) is 48.9 Å². The molecule has 0 aromatic heterocycles. The molecule has 2 aliphatic rings. The van der Waals surface area contributed by atoms with Gasteiger partial charge in [-0.2, -0.15) is 0 Å². The van der Waals surface area contributed by atoms with Crippen LogP contribution >= 0.6 is 0 Å². The van der Waals surface area contributed by atoms with Crippen LogP contribution in [-0.2, 0) is 0 Å².